The van der Waals surface area contributed by atoms with E-state index in [-0.39, 0.29) is 17.5 Å². The first-order chi connectivity index (χ1) is 16.6. The molecular weight excluding hydrogens is 437 g/mol. The fourth-order valence-corrected chi connectivity index (χ4v) is 5.49. The van der Waals surface area contributed by atoms with Gasteiger partial charge in [-0.2, -0.15) is 0 Å². The predicted molar refractivity (Wildman–Crippen MR) is 122 cm³/mol. The Labute approximate surface area is 196 Å². The summed E-state index contributed by atoms with van der Waals surface area (Å²) in [6.45, 7) is 0.400. The molecule has 8 heteroatoms. The normalized spacial score (nSPS) is 23.9. The molecule has 2 bridgehead atoms. The van der Waals surface area contributed by atoms with Crippen molar-refractivity contribution in [1.82, 2.24) is 10.1 Å². The molecule has 2 aliphatic heterocycles. The van der Waals surface area contributed by atoms with E-state index in [1.165, 1.54) is 18.3 Å². The second-order valence-electron chi connectivity index (χ2n) is 9.57. The molecule has 0 spiro atoms. The molecule has 3 aromatic rings. The molecule has 1 aromatic carbocycles. The van der Waals surface area contributed by atoms with E-state index < -0.39 is 5.97 Å². The number of hydrogen-bond acceptors (Lipinski definition) is 6. The van der Waals surface area contributed by atoms with Crippen LogP contribution in [0, 0.1) is 5.82 Å². The van der Waals surface area contributed by atoms with Gasteiger partial charge in [-0.05, 0) is 62.8 Å². The fourth-order valence-electron chi connectivity index (χ4n) is 5.49. The van der Waals surface area contributed by atoms with Gasteiger partial charge in [-0.1, -0.05) is 17.3 Å². The van der Waals surface area contributed by atoms with Gasteiger partial charge in [0.25, 0.3) is 0 Å². The molecule has 2 saturated heterocycles. The SMILES string of the molecule is O=C(O)c1ccc(N2C3CCC2CC(OCc2c(-c4cccc(F)c4)noc2C2CC2)C3)nc1. The van der Waals surface area contributed by atoms with Gasteiger partial charge in [-0.25, -0.2) is 14.2 Å². The van der Waals surface area contributed by atoms with Crippen LogP contribution in [-0.4, -0.2) is 39.4 Å². The monoisotopic (exact) mass is 463 g/mol. The van der Waals surface area contributed by atoms with Crippen LogP contribution in [0.3, 0.4) is 0 Å². The lowest BCUT2D eigenvalue weighted by molar-refractivity contribution is 0.0146. The number of aromatic carboxylic acids is 1. The average molecular weight is 464 g/mol. The summed E-state index contributed by atoms with van der Waals surface area (Å²) in [4.78, 5) is 17.9. The molecule has 3 fully saturated rings. The van der Waals surface area contributed by atoms with E-state index in [0.29, 0.717) is 35.9 Å². The summed E-state index contributed by atoms with van der Waals surface area (Å²) in [5.74, 6) is 0.827. The number of carboxylic acid groups (broad SMARTS) is 1. The highest BCUT2D eigenvalue weighted by Crippen LogP contribution is 2.45. The lowest BCUT2D eigenvalue weighted by Gasteiger charge is -2.39. The van der Waals surface area contributed by atoms with Crippen molar-refractivity contribution in [2.45, 2.75) is 69.2 Å². The quantitative estimate of drug-likeness (QED) is 0.517. The van der Waals surface area contributed by atoms with Crippen LogP contribution in [0.15, 0.2) is 47.1 Å². The number of rotatable bonds is 7. The summed E-state index contributed by atoms with van der Waals surface area (Å²) >= 11 is 0. The van der Waals surface area contributed by atoms with Gasteiger partial charge in [-0.3, -0.25) is 0 Å². The van der Waals surface area contributed by atoms with Gasteiger partial charge >= 0.3 is 5.97 Å². The maximum atomic E-state index is 13.8. The van der Waals surface area contributed by atoms with Crippen LogP contribution in [-0.2, 0) is 11.3 Å². The molecular formula is C26H26FN3O4. The molecule has 2 atom stereocenters. The maximum absolute atomic E-state index is 13.8. The summed E-state index contributed by atoms with van der Waals surface area (Å²) in [7, 11) is 0. The number of carboxylic acids is 1. The van der Waals surface area contributed by atoms with Crippen molar-refractivity contribution in [3.63, 3.8) is 0 Å². The topological polar surface area (TPSA) is 88.7 Å². The third kappa shape index (κ3) is 3.96. The van der Waals surface area contributed by atoms with Gasteiger partial charge in [0, 0.05) is 35.3 Å². The van der Waals surface area contributed by atoms with Crippen LogP contribution in [0.25, 0.3) is 11.3 Å². The number of aromatic nitrogens is 2. The van der Waals surface area contributed by atoms with Crippen LogP contribution in [0.1, 0.15) is 66.1 Å². The number of benzene rings is 1. The largest absolute Gasteiger partial charge is 0.478 e. The summed E-state index contributed by atoms with van der Waals surface area (Å²) < 4.78 is 26.0. The summed E-state index contributed by atoms with van der Waals surface area (Å²) in [6, 6.07) is 10.5. The van der Waals surface area contributed by atoms with E-state index in [9.17, 15) is 9.18 Å². The molecule has 0 amide bonds. The summed E-state index contributed by atoms with van der Waals surface area (Å²) in [5, 5.41) is 13.4. The summed E-state index contributed by atoms with van der Waals surface area (Å²) in [6.07, 6.45) is 7.62. The molecule has 7 nitrogen and oxygen atoms in total. The van der Waals surface area contributed by atoms with E-state index in [4.69, 9.17) is 14.4 Å². The number of ether oxygens (including phenoxy) is 1. The van der Waals surface area contributed by atoms with Crippen molar-refractivity contribution in [2.75, 3.05) is 4.90 Å². The number of fused-ring (bicyclic) bond motifs is 2. The Kier molecular flexibility index (Phi) is 5.32. The number of nitrogens with zero attached hydrogens (tertiary/aromatic N) is 3. The fraction of sp³-hybridized carbons (Fsp3) is 0.423. The molecule has 176 valence electrons. The highest BCUT2D eigenvalue weighted by Gasteiger charge is 2.42. The molecule has 4 heterocycles. The standard InChI is InChI=1S/C26H26FN3O4/c27-18-3-1-2-16(10-18)24-22(25(34-29-24)15-4-5-15)14-33-21-11-19-7-8-20(12-21)30(19)23-9-6-17(13-28-23)26(31)32/h1-3,6,9-10,13,15,19-21H,4-5,7-8,11-12,14H2,(H,31,32). The Bertz CT molecular complexity index is 1190. The van der Waals surface area contributed by atoms with E-state index in [2.05, 4.69) is 15.0 Å². The van der Waals surface area contributed by atoms with Crippen LogP contribution in [0.2, 0.25) is 0 Å². The van der Waals surface area contributed by atoms with E-state index in [1.807, 2.05) is 6.07 Å². The zero-order valence-corrected chi connectivity index (χ0v) is 18.7. The van der Waals surface area contributed by atoms with Crippen molar-refractivity contribution < 1.29 is 23.6 Å². The average Bonchev–Trinajstić information content (AvgIpc) is 3.54. The Morgan fingerprint density at radius 1 is 1.15 bits per heavy atom. The van der Waals surface area contributed by atoms with Crippen molar-refractivity contribution in [2.24, 2.45) is 0 Å². The van der Waals surface area contributed by atoms with Crippen LogP contribution < -0.4 is 4.90 Å². The molecule has 1 aliphatic carbocycles. The third-order valence-corrected chi connectivity index (χ3v) is 7.28. The molecule has 1 saturated carbocycles. The van der Waals surface area contributed by atoms with Gasteiger partial charge in [0.2, 0.25) is 0 Å². The second-order valence-corrected chi connectivity index (χ2v) is 9.57. The first-order valence-corrected chi connectivity index (χ1v) is 11.9. The van der Waals surface area contributed by atoms with Gasteiger partial charge in [-0.15, -0.1) is 0 Å². The summed E-state index contributed by atoms with van der Waals surface area (Å²) in [5.41, 5.74) is 2.52. The number of carbonyl (C=O) groups is 1. The van der Waals surface area contributed by atoms with Crippen LogP contribution in [0.5, 0.6) is 0 Å². The number of piperidine rings is 1. The van der Waals surface area contributed by atoms with E-state index >= 15 is 0 Å². The molecule has 3 aliphatic rings. The molecule has 2 unspecified atom stereocenters. The minimum Gasteiger partial charge on any atom is -0.478 e. The van der Waals surface area contributed by atoms with Crippen LogP contribution in [0.4, 0.5) is 10.2 Å². The van der Waals surface area contributed by atoms with Crippen molar-refractivity contribution >= 4 is 11.8 Å². The number of hydrogen-bond donors (Lipinski definition) is 1. The number of anilines is 1. The maximum Gasteiger partial charge on any atom is 0.337 e. The smallest absolute Gasteiger partial charge is 0.337 e. The molecule has 0 radical (unpaired) electrons. The lowest BCUT2D eigenvalue weighted by atomic mass is 9.99. The minimum atomic E-state index is -0.967. The van der Waals surface area contributed by atoms with Gasteiger partial charge in [0.05, 0.1) is 18.3 Å². The Balaban J connectivity index is 1.17. The lowest BCUT2D eigenvalue weighted by Crippen LogP contribution is -2.46. The first-order valence-electron chi connectivity index (χ1n) is 11.9. The third-order valence-electron chi connectivity index (χ3n) is 7.28. The second kappa shape index (κ2) is 8.51. The highest BCUT2D eigenvalue weighted by molar-refractivity contribution is 5.87. The van der Waals surface area contributed by atoms with Gasteiger partial charge < -0.3 is 19.3 Å². The number of halogens is 1. The minimum absolute atomic E-state index is 0.106. The van der Waals surface area contributed by atoms with Crippen molar-refractivity contribution in [3.8, 4) is 11.3 Å². The predicted octanol–water partition coefficient (Wildman–Crippen LogP) is 5.17. The van der Waals surface area contributed by atoms with Crippen LogP contribution >= 0.6 is 0 Å². The van der Waals surface area contributed by atoms with Crippen molar-refractivity contribution in [3.05, 3.63) is 65.3 Å². The Hall–Kier alpha value is -3.26. The molecule has 34 heavy (non-hydrogen) atoms. The number of pyridine rings is 1. The Morgan fingerprint density at radius 2 is 1.94 bits per heavy atom. The van der Waals surface area contributed by atoms with Gasteiger partial charge in [0.15, 0.2) is 0 Å². The van der Waals surface area contributed by atoms with E-state index in [0.717, 1.165) is 55.7 Å². The first kappa shape index (κ1) is 21.3. The zero-order chi connectivity index (χ0) is 23.2. The zero-order valence-electron chi connectivity index (χ0n) is 18.7. The van der Waals surface area contributed by atoms with E-state index in [1.54, 1.807) is 18.2 Å². The Morgan fingerprint density at radius 3 is 2.59 bits per heavy atom. The molecule has 1 N–H and O–H groups in total. The highest BCUT2D eigenvalue weighted by atomic mass is 19.1. The molecule has 2 aromatic heterocycles. The van der Waals surface area contributed by atoms with Crippen molar-refractivity contribution in [1.29, 1.82) is 0 Å². The molecule has 6 rings (SSSR count). The van der Waals surface area contributed by atoms with Gasteiger partial charge in [0.1, 0.15) is 23.1 Å².